The number of carbonyl (C=O) groups excluding carboxylic acids is 1. The van der Waals surface area contributed by atoms with Crippen LogP contribution in [0, 0.1) is 12.7 Å². The molecule has 0 radical (unpaired) electrons. The Morgan fingerprint density at radius 2 is 1.93 bits per heavy atom. The topological polar surface area (TPSA) is 87.6 Å². The molecule has 9 heteroatoms. The third-order valence-corrected chi connectivity index (χ3v) is 7.80. The number of amidine groups is 1. The van der Waals surface area contributed by atoms with Gasteiger partial charge < -0.3 is 10.6 Å². The second kappa shape index (κ2) is 7.21. The van der Waals surface area contributed by atoms with Crippen molar-refractivity contribution in [2.75, 3.05) is 22.1 Å². The first-order chi connectivity index (χ1) is 13.3. The van der Waals surface area contributed by atoms with Crippen LogP contribution in [0.1, 0.15) is 15.9 Å². The van der Waals surface area contributed by atoms with Crippen molar-refractivity contribution in [2.24, 2.45) is 4.99 Å². The third kappa shape index (κ3) is 4.05. The first-order valence-corrected chi connectivity index (χ1v) is 11.4. The van der Waals surface area contributed by atoms with Crippen molar-refractivity contribution in [1.29, 1.82) is 0 Å². The summed E-state index contributed by atoms with van der Waals surface area (Å²) in [7, 11) is -2.99. The highest BCUT2D eigenvalue weighted by molar-refractivity contribution is 8.15. The van der Waals surface area contributed by atoms with Gasteiger partial charge in [-0.15, -0.1) is 0 Å². The van der Waals surface area contributed by atoms with Crippen LogP contribution >= 0.6 is 11.8 Å². The molecule has 2 aliphatic rings. The van der Waals surface area contributed by atoms with Gasteiger partial charge in [-0.25, -0.2) is 12.8 Å². The average molecular weight is 420 g/mol. The van der Waals surface area contributed by atoms with Crippen LogP contribution in [-0.4, -0.2) is 42.3 Å². The minimum Gasteiger partial charge on any atom is -0.335 e. The van der Waals surface area contributed by atoms with E-state index >= 15 is 0 Å². The first kappa shape index (κ1) is 18.9. The molecule has 1 fully saturated rings. The van der Waals surface area contributed by atoms with E-state index in [4.69, 9.17) is 0 Å². The summed E-state index contributed by atoms with van der Waals surface area (Å²) < 4.78 is 36.4. The maximum atomic E-state index is 13.0. The SMILES string of the molecule is Cc1ccc(C(=O)Nc2ccc(F)cc2)cc1NC1=N[C@H]2CS(=O)(=O)C[C@H]2S1. The molecule has 2 heterocycles. The molecule has 146 valence electrons. The van der Waals surface area contributed by atoms with Crippen molar-refractivity contribution in [1.82, 2.24) is 0 Å². The molecule has 0 bridgehead atoms. The Balaban J connectivity index is 1.48. The molecular formula is C19H18FN3O3S2. The smallest absolute Gasteiger partial charge is 0.255 e. The summed E-state index contributed by atoms with van der Waals surface area (Å²) in [6.45, 7) is 1.91. The predicted octanol–water partition coefficient (Wildman–Crippen LogP) is 3.07. The summed E-state index contributed by atoms with van der Waals surface area (Å²) in [6.07, 6.45) is 0. The fraction of sp³-hybridized carbons (Fsp3) is 0.263. The van der Waals surface area contributed by atoms with Gasteiger partial charge in [-0.05, 0) is 48.9 Å². The summed E-state index contributed by atoms with van der Waals surface area (Å²) >= 11 is 1.43. The van der Waals surface area contributed by atoms with Gasteiger partial charge in [-0.3, -0.25) is 9.79 Å². The molecule has 0 unspecified atom stereocenters. The van der Waals surface area contributed by atoms with E-state index < -0.39 is 9.84 Å². The quantitative estimate of drug-likeness (QED) is 0.798. The van der Waals surface area contributed by atoms with Gasteiger partial charge in [0.25, 0.3) is 5.91 Å². The zero-order valence-corrected chi connectivity index (χ0v) is 16.6. The third-order valence-electron chi connectivity index (χ3n) is 4.66. The number of nitrogens with one attached hydrogen (secondary N) is 2. The number of hydrogen-bond acceptors (Lipinski definition) is 6. The lowest BCUT2D eigenvalue weighted by Gasteiger charge is -2.12. The Morgan fingerprint density at radius 1 is 1.18 bits per heavy atom. The number of fused-ring (bicyclic) bond motifs is 1. The minimum absolute atomic E-state index is 0.0437. The first-order valence-electron chi connectivity index (χ1n) is 8.68. The Bertz CT molecular complexity index is 1070. The van der Waals surface area contributed by atoms with Gasteiger partial charge in [-0.1, -0.05) is 17.8 Å². The van der Waals surface area contributed by atoms with E-state index in [0.29, 0.717) is 16.4 Å². The molecular weight excluding hydrogens is 401 g/mol. The number of hydrogen-bond donors (Lipinski definition) is 2. The number of anilines is 2. The Hall–Kier alpha value is -2.39. The number of benzene rings is 2. The number of nitrogens with zero attached hydrogens (tertiary/aromatic N) is 1. The molecule has 2 aliphatic heterocycles. The van der Waals surface area contributed by atoms with Gasteiger partial charge in [0, 0.05) is 22.2 Å². The second-order valence-corrected chi connectivity index (χ2v) is 10.2. The molecule has 28 heavy (non-hydrogen) atoms. The molecule has 0 saturated carbocycles. The van der Waals surface area contributed by atoms with Gasteiger partial charge in [0.2, 0.25) is 0 Å². The van der Waals surface area contributed by atoms with Crippen molar-refractivity contribution >= 4 is 44.0 Å². The number of amides is 1. The normalized spacial score (nSPS) is 22.4. The van der Waals surface area contributed by atoms with Gasteiger partial charge >= 0.3 is 0 Å². The van der Waals surface area contributed by atoms with E-state index in [1.165, 1.54) is 36.0 Å². The maximum absolute atomic E-state index is 13.0. The highest BCUT2D eigenvalue weighted by Gasteiger charge is 2.42. The summed E-state index contributed by atoms with van der Waals surface area (Å²) in [6, 6.07) is 10.6. The van der Waals surface area contributed by atoms with Crippen LogP contribution in [0.2, 0.25) is 0 Å². The van der Waals surface area contributed by atoms with Gasteiger partial charge in [0.15, 0.2) is 15.0 Å². The van der Waals surface area contributed by atoms with E-state index in [9.17, 15) is 17.6 Å². The molecule has 0 aromatic heterocycles. The Morgan fingerprint density at radius 3 is 2.64 bits per heavy atom. The molecule has 2 aromatic carbocycles. The van der Waals surface area contributed by atoms with Crippen LogP contribution in [0.15, 0.2) is 47.5 Å². The summed E-state index contributed by atoms with van der Waals surface area (Å²) in [5.41, 5.74) is 2.63. The molecule has 2 aromatic rings. The molecule has 6 nitrogen and oxygen atoms in total. The van der Waals surface area contributed by atoms with Gasteiger partial charge in [0.05, 0.1) is 17.5 Å². The molecule has 2 N–H and O–H groups in total. The zero-order chi connectivity index (χ0) is 19.9. The van der Waals surface area contributed by atoms with E-state index in [1.54, 1.807) is 12.1 Å². The van der Waals surface area contributed by atoms with Crippen molar-refractivity contribution in [3.8, 4) is 0 Å². The largest absolute Gasteiger partial charge is 0.335 e. The second-order valence-electron chi connectivity index (χ2n) is 6.85. The van der Waals surface area contributed by atoms with E-state index in [-0.39, 0.29) is 34.5 Å². The number of sulfone groups is 1. The van der Waals surface area contributed by atoms with Crippen LogP contribution in [0.25, 0.3) is 0 Å². The number of thioether (sulfide) groups is 1. The minimum atomic E-state index is -2.99. The van der Waals surface area contributed by atoms with E-state index in [1.807, 2.05) is 13.0 Å². The summed E-state index contributed by atoms with van der Waals surface area (Å²) in [5, 5.41) is 6.58. The van der Waals surface area contributed by atoms with Crippen LogP contribution in [-0.2, 0) is 9.84 Å². The summed E-state index contributed by atoms with van der Waals surface area (Å²) in [4.78, 5) is 17.0. The Kier molecular flexibility index (Phi) is 4.88. The van der Waals surface area contributed by atoms with Crippen LogP contribution in [0.5, 0.6) is 0 Å². The van der Waals surface area contributed by atoms with Crippen molar-refractivity contribution in [3.05, 3.63) is 59.4 Å². The highest BCUT2D eigenvalue weighted by Crippen LogP contribution is 2.35. The fourth-order valence-corrected chi connectivity index (χ4v) is 6.83. The number of carbonyl (C=O) groups is 1. The van der Waals surface area contributed by atoms with Crippen molar-refractivity contribution < 1.29 is 17.6 Å². The molecule has 2 atom stereocenters. The van der Waals surface area contributed by atoms with Crippen LogP contribution < -0.4 is 10.6 Å². The monoisotopic (exact) mass is 419 g/mol. The molecule has 0 spiro atoms. The lowest BCUT2D eigenvalue weighted by atomic mass is 10.1. The van der Waals surface area contributed by atoms with Crippen molar-refractivity contribution in [2.45, 2.75) is 18.2 Å². The Labute approximate surface area is 166 Å². The predicted molar refractivity (Wildman–Crippen MR) is 110 cm³/mol. The lowest BCUT2D eigenvalue weighted by molar-refractivity contribution is 0.102. The standard InChI is InChI=1S/C19H18FN3O3S2/c1-11-2-3-12(18(24)21-14-6-4-13(20)5-7-14)8-15(11)22-19-23-16-9-28(25,26)10-17(16)27-19/h2-8,16-17H,9-10H2,1H3,(H,21,24)(H,22,23)/t16-,17+/m0/s1. The number of aryl methyl sites for hydroxylation is 1. The van der Waals surface area contributed by atoms with Gasteiger partial charge in [-0.2, -0.15) is 0 Å². The maximum Gasteiger partial charge on any atom is 0.255 e. The van der Waals surface area contributed by atoms with E-state index in [2.05, 4.69) is 15.6 Å². The average Bonchev–Trinajstić information content (AvgIpc) is 3.11. The molecule has 0 aliphatic carbocycles. The number of aliphatic imine (C=N–C) groups is 1. The highest BCUT2D eigenvalue weighted by atomic mass is 32.2. The van der Waals surface area contributed by atoms with Crippen molar-refractivity contribution in [3.63, 3.8) is 0 Å². The molecule has 1 saturated heterocycles. The number of halogens is 1. The molecule has 4 rings (SSSR count). The lowest BCUT2D eigenvalue weighted by Crippen LogP contribution is -2.14. The van der Waals surface area contributed by atoms with E-state index in [0.717, 1.165) is 11.3 Å². The fourth-order valence-electron chi connectivity index (χ4n) is 3.17. The van der Waals surface area contributed by atoms with Gasteiger partial charge in [0.1, 0.15) is 5.82 Å². The summed E-state index contributed by atoms with van der Waals surface area (Å²) in [5.74, 6) is -0.434. The van der Waals surface area contributed by atoms with Crippen LogP contribution in [0.3, 0.4) is 0 Å². The number of rotatable bonds is 3. The zero-order valence-electron chi connectivity index (χ0n) is 15.0. The molecule has 1 amide bonds. The van der Waals surface area contributed by atoms with Crippen LogP contribution in [0.4, 0.5) is 15.8 Å².